The van der Waals surface area contributed by atoms with Gasteiger partial charge in [-0.15, -0.1) is 0 Å². The molecule has 2 nitrogen and oxygen atoms in total. The Bertz CT molecular complexity index is 454. The second-order valence-corrected chi connectivity index (χ2v) is 5.91. The second-order valence-electron chi connectivity index (χ2n) is 5.91. The lowest BCUT2D eigenvalue weighted by atomic mass is 9.75. The van der Waals surface area contributed by atoms with E-state index in [4.69, 9.17) is 4.74 Å². The maximum atomic E-state index is 13.7. The molecule has 1 aliphatic carbocycles. The molecule has 1 unspecified atom stereocenters. The Kier molecular flexibility index (Phi) is 4.76. The van der Waals surface area contributed by atoms with E-state index in [1.54, 1.807) is 7.11 Å². The summed E-state index contributed by atoms with van der Waals surface area (Å²) >= 11 is 0. The molecule has 1 aromatic rings. The van der Waals surface area contributed by atoms with Crippen molar-refractivity contribution in [1.82, 2.24) is 0 Å². The molecule has 2 rings (SSSR count). The highest BCUT2D eigenvalue weighted by molar-refractivity contribution is 5.20. The summed E-state index contributed by atoms with van der Waals surface area (Å²) in [5.41, 5.74) is -0.276. The third-order valence-electron chi connectivity index (χ3n) is 4.56. The molecule has 1 atom stereocenters. The predicted molar refractivity (Wildman–Crippen MR) is 73.4 cm³/mol. The number of methoxy groups -OCH3 is 1. The van der Waals surface area contributed by atoms with Crippen LogP contribution < -0.4 is 0 Å². The molecule has 0 saturated heterocycles. The minimum Gasteiger partial charge on any atom is -0.390 e. The Morgan fingerprint density at radius 3 is 2.55 bits per heavy atom. The lowest BCUT2D eigenvalue weighted by Crippen LogP contribution is -2.48. The van der Waals surface area contributed by atoms with Gasteiger partial charge in [-0.3, -0.25) is 0 Å². The Morgan fingerprint density at radius 2 is 2.00 bits per heavy atom. The van der Waals surface area contributed by atoms with Crippen molar-refractivity contribution in [2.45, 2.75) is 50.7 Å². The van der Waals surface area contributed by atoms with Gasteiger partial charge in [0, 0.05) is 19.6 Å². The summed E-state index contributed by atoms with van der Waals surface area (Å²) in [7, 11) is 1.60. The fraction of sp³-hybridized carbons (Fsp3) is 0.625. The van der Waals surface area contributed by atoms with Crippen molar-refractivity contribution < 1.29 is 18.6 Å². The van der Waals surface area contributed by atoms with E-state index in [1.807, 2.05) is 0 Å². The molecule has 1 saturated carbocycles. The van der Waals surface area contributed by atoms with Crippen LogP contribution in [0.25, 0.3) is 0 Å². The SMILES string of the molecule is COC1(C(O)Cc2ccc(F)cc2F)CCC(C)CC1. The third kappa shape index (κ3) is 3.18. The summed E-state index contributed by atoms with van der Waals surface area (Å²) < 4.78 is 32.2. The molecule has 1 N–H and O–H groups in total. The molecule has 0 bridgehead atoms. The van der Waals surface area contributed by atoms with Crippen LogP contribution >= 0.6 is 0 Å². The lowest BCUT2D eigenvalue weighted by Gasteiger charge is -2.41. The molecule has 1 aliphatic rings. The summed E-state index contributed by atoms with van der Waals surface area (Å²) in [5.74, 6) is -0.582. The van der Waals surface area contributed by atoms with Crippen molar-refractivity contribution in [3.8, 4) is 0 Å². The van der Waals surface area contributed by atoms with Crippen LogP contribution in [0.3, 0.4) is 0 Å². The van der Waals surface area contributed by atoms with E-state index < -0.39 is 23.3 Å². The molecular formula is C16H22F2O2. The third-order valence-corrected chi connectivity index (χ3v) is 4.56. The second kappa shape index (κ2) is 6.19. The van der Waals surface area contributed by atoms with Crippen molar-refractivity contribution >= 4 is 0 Å². The summed E-state index contributed by atoms with van der Waals surface area (Å²) in [6.07, 6.45) is 2.91. The first-order valence-corrected chi connectivity index (χ1v) is 7.14. The number of hydrogen-bond donors (Lipinski definition) is 1. The first kappa shape index (κ1) is 15.4. The Balaban J connectivity index is 2.11. The Morgan fingerprint density at radius 1 is 1.35 bits per heavy atom. The van der Waals surface area contributed by atoms with Crippen molar-refractivity contribution in [3.05, 3.63) is 35.4 Å². The first-order chi connectivity index (χ1) is 9.47. The van der Waals surface area contributed by atoms with Gasteiger partial charge in [0.1, 0.15) is 11.6 Å². The van der Waals surface area contributed by atoms with Gasteiger partial charge in [0.05, 0.1) is 11.7 Å². The highest BCUT2D eigenvalue weighted by atomic mass is 19.1. The van der Waals surface area contributed by atoms with Crippen molar-refractivity contribution in [1.29, 1.82) is 0 Å². The number of ether oxygens (including phenoxy) is 1. The van der Waals surface area contributed by atoms with E-state index in [0.717, 1.165) is 31.7 Å². The zero-order chi connectivity index (χ0) is 14.8. The average molecular weight is 284 g/mol. The van der Waals surface area contributed by atoms with Crippen LogP contribution in [0.1, 0.15) is 38.2 Å². The number of aliphatic hydroxyl groups is 1. The molecule has 0 spiro atoms. The predicted octanol–water partition coefficient (Wildman–Crippen LogP) is 3.46. The zero-order valence-electron chi connectivity index (χ0n) is 12.0. The molecule has 0 radical (unpaired) electrons. The van der Waals surface area contributed by atoms with Gasteiger partial charge in [-0.25, -0.2) is 8.78 Å². The van der Waals surface area contributed by atoms with E-state index >= 15 is 0 Å². The van der Waals surface area contributed by atoms with Crippen LogP contribution in [0.15, 0.2) is 18.2 Å². The normalized spacial score (nSPS) is 28.4. The molecular weight excluding hydrogens is 262 g/mol. The molecule has 1 fully saturated rings. The quantitative estimate of drug-likeness (QED) is 0.917. The maximum absolute atomic E-state index is 13.7. The highest BCUT2D eigenvalue weighted by Gasteiger charge is 2.40. The van der Waals surface area contributed by atoms with E-state index in [0.29, 0.717) is 11.5 Å². The monoisotopic (exact) mass is 284 g/mol. The summed E-state index contributed by atoms with van der Waals surface area (Å²) in [6.45, 7) is 2.19. The van der Waals surface area contributed by atoms with Gasteiger partial charge in [0.2, 0.25) is 0 Å². The number of rotatable bonds is 4. The van der Waals surface area contributed by atoms with Crippen LogP contribution in [0.2, 0.25) is 0 Å². The topological polar surface area (TPSA) is 29.5 Å². The van der Waals surface area contributed by atoms with E-state index in [-0.39, 0.29) is 6.42 Å². The number of benzene rings is 1. The number of hydrogen-bond acceptors (Lipinski definition) is 2. The fourth-order valence-corrected chi connectivity index (χ4v) is 3.01. The van der Waals surface area contributed by atoms with E-state index in [2.05, 4.69) is 6.92 Å². The summed E-state index contributed by atoms with van der Waals surface area (Å²) in [4.78, 5) is 0. The average Bonchev–Trinajstić information content (AvgIpc) is 2.43. The van der Waals surface area contributed by atoms with Gasteiger partial charge < -0.3 is 9.84 Å². The highest BCUT2D eigenvalue weighted by Crippen LogP contribution is 2.38. The lowest BCUT2D eigenvalue weighted by molar-refractivity contribution is -0.127. The van der Waals surface area contributed by atoms with E-state index in [1.165, 1.54) is 12.1 Å². The molecule has 0 aliphatic heterocycles. The van der Waals surface area contributed by atoms with Crippen LogP contribution in [-0.2, 0) is 11.2 Å². The maximum Gasteiger partial charge on any atom is 0.129 e. The molecule has 20 heavy (non-hydrogen) atoms. The van der Waals surface area contributed by atoms with Gasteiger partial charge in [0.25, 0.3) is 0 Å². The van der Waals surface area contributed by atoms with Gasteiger partial charge in [-0.1, -0.05) is 13.0 Å². The minimum atomic E-state index is -0.778. The molecule has 0 heterocycles. The number of aliphatic hydroxyl groups excluding tert-OH is 1. The van der Waals surface area contributed by atoms with Gasteiger partial charge in [-0.2, -0.15) is 0 Å². The van der Waals surface area contributed by atoms with Gasteiger partial charge in [0.15, 0.2) is 0 Å². The van der Waals surface area contributed by atoms with Crippen LogP contribution in [0, 0.1) is 17.6 Å². The van der Waals surface area contributed by atoms with Crippen molar-refractivity contribution in [3.63, 3.8) is 0 Å². The summed E-state index contributed by atoms with van der Waals surface area (Å²) in [5, 5.41) is 10.5. The van der Waals surface area contributed by atoms with Crippen LogP contribution in [-0.4, -0.2) is 23.9 Å². The fourth-order valence-electron chi connectivity index (χ4n) is 3.01. The summed E-state index contributed by atoms with van der Waals surface area (Å²) in [6, 6.07) is 3.46. The zero-order valence-corrected chi connectivity index (χ0v) is 12.0. The van der Waals surface area contributed by atoms with Crippen LogP contribution in [0.4, 0.5) is 8.78 Å². The Labute approximate surface area is 118 Å². The molecule has 4 heteroatoms. The van der Waals surface area contributed by atoms with Crippen molar-refractivity contribution in [2.24, 2.45) is 5.92 Å². The van der Waals surface area contributed by atoms with Crippen molar-refractivity contribution in [2.75, 3.05) is 7.11 Å². The van der Waals surface area contributed by atoms with Gasteiger partial charge >= 0.3 is 0 Å². The molecule has 0 aromatic heterocycles. The number of halogens is 2. The van der Waals surface area contributed by atoms with Crippen LogP contribution in [0.5, 0.6) is 0 Å². The smallest absolute Gasteiger partial charge is 0.129 e. The van der Waals surface area contributed by atoms with E-state index in [9.17, 15) is 13.9 Å². The molecule has 112 valence electrons. The minimum absolute atomic E-state index is 0.147. The largest absolute Gasteiger partial charge is 0.390 e. The van der Waals surface area contributed by atoms with Gasteiger partial charge in [-0.05, 0) is 43.2 Å². The standard InChI is InChI=1S/C16H22F2O2/c1-11-5-7-16(20-2,8-6-11)15(19)9-12-3-4-13(17)10-14(12)18/h3-4,10-11,15,19H,5-9H2,1-2H3. The molecule has 1 aromatic carbocycles. The molecule has 0 amide bonds. The first-order valence-electron chi connectivity index (χ1n) is 7.14. The Hall–Kier alpha value is -1.00.